The van der Waals surface area contributed by atoms with Crippen LogP contribution in [0.4, 0.5) is 0 Å². The molecule has 0 amide bonds. The molecule has 0 radical (unpaired) electrons. The number of rotatable bonds is 7. The van der Waals surface area contributed by atoms with Gasteiger partial charge in [0.05, 0.1) is 14.2 Å². The summed E-state index contributed by atoms with van der Waals surface area (Å²) in [4.78, 5) is 0. The lowest BCUT2D eigenvalue weighted by Gasteiger charge is -2.32. The van der Waals surface area contributed by atoms with Crippen LogP contribution in [-0.2, 0) is 11.8 Å². The highest BCUT2D eigenvalue weighted by Crippen LogP contribution is 2.39. The maximum atomic E-state index is 5.48. The largest absolute Gasteiger partial charge is 0.496 e. The smallest absolute Gasteiger partial charge is 0.121 e. The maximum Gasteiger partial charge on any atom is 0.121 e. The van der Waals surface area contributed by atoms with E-state index in [1.54, 1.807) is 14.2 Å². The molecule has 2 nitrogen and oxygen atoms in total. The molecule has 0 spiro atoms. The van der Waals surface area contributed by atoms with E-state index >= 15 is 0 Å². The highest BCUT2D eigenvalue weighted by Gasteiger charge is 2.29. The van der Waals surface area contributed by atoms with Crippen molar-refractivity contribution in [3.8, 4) is 11.5 Å². The predicted octanol–water partition coefficient (Wildman–Crippen LogP) is 6.26. The third kappa shape index (κ3) is 4.06. The summed E-state index contributed by atoms with van der Waals surface area (Å²) in [7, 11) is 3.45. The van der Waals surface area contributed by atoms with E-state index < -0.39 is 0 Å². The number of hydrogen-bond acceptors (Lipinski definition) is 2. The number of methoxy groups -OCH3 is 2. The first-order chi connectivity index (χ1) is 13.5. The Morgan fingerprint density at radius 3 is 1.64 bits per heavy atom. The Bertz CT molecular complexity index is 875. The molecular weight excluding hydrogens is 344 g/mol. The molecule has 2 heteroatoms. The summed E-state index contributed by atoms with van der Waals surface area (Å²) >= 11 is 0. The molecule has 3 aromatic carbocycles. The molecule has 0 saturated heterocycles. The molecular formula is C26H30O2. The molecule has 0 aromatic heterocycles. The fourth-order valence-corrected chi connectivity index (χ4v) is 3.94. The molecule has 0 unspecified atom stereocenters. The van der Waals surface area contributed by atoms with Gasteiger partial charge in [-0.2, -0.15) is 0 Å². The lowest BCUT2D eigenvalue weighted by atomic mass is 9.71. The molecule has 28 heavy (non-hydrogen) atoms. The zero-order chi connectivity index (χ0) is 20.1. The zero-order valence-corrected chi connectivity index (χ0v) is 17.6. The Labute approximate surface area is 169 Å². The van der Waals surface area contributed by atoms with E-state index in [1.165, 1.54) is 16.7 Å². The molecule has 0 saturated carbocycles. The third-order valence-electron chi connectivity index (χ3n) is 5.82. The maximum absolute atomic E-state index is 5.48. The van der Waals surface area contributed by atoms with Crippen LogP contribution < -0.4 is 9.47 Å². The van der Waals surface area contributed by atoms with Crippen molar-refractivity contribution in [1.82, 2.24) is 0 Å². The Morgan fingerprint density at radius 2 is 1.21 bits per heavy atom. The highest BCUT2D eigenvalue weighted by atomic mass is 16.5. The number of ether oxygens (including phenoxy) is 2. The van der Waals surface area contributed by atoms with Crippen LogP contribution in [0.25, 0.3) is 0 Å². The number of aryl methyl sites for hydroxylation is 3. The van der Waals surface area contributed by atoms with E-state index in [2.05, 4.69) is 87.5 Å². The molecule has 3 rings (SSSR count). The van der Waals surface area contributed by atoms with E-state index in [4.69, 9.17) is 9.47 Å². The predicted molar refractivity (Wildman–Crippen MR) is 117 cm³/mol. The molecule has 0 aliphatic rings. The van der Waals surface area contributed by atoms with Gasteiger partial charge in [-0.25, -0.2) is 0 Å². The van der Waals surface area contributed by atoms with Crippen LogP contribution in [0.3, 0.4) is 0 Å². The molecule has 0 bridgehead atoms. The van der Waals surface area contributed by atoms with Crippen LogP contribution in [0.2, 0.25) is 0 Å². The van der Waals surface area contributed by atoms with Gasteiger partial charge in [0, 0.05) is 5.41 Å². The van der Waals surface area contributed by atoms with Crippen LogP contribution in [0.15, 0.2) is 66.7 Å². The summed E-state index contributed by atoms with van der Waals surface area (Å²) in [5.41, 5.74) is 6.21. The van der Waals surface area contributed by atoms with Crippen molar-refractivity contribution < 1.29 is 9.47 Å². The standard InChI is InChI=1S/C26H30O2/c1-19-17-22(11-13-24(19)27-4)26(3,16-15-21-9-7-6-8-10-21)23-12-14-25(28-5)20(2)18-23/h6-14,17-18H,15-16H2,1-5H3. The minimum atomic E-state index is -0.107. The quantitative estimate of drug-likeness (QED) is 0.486. The van der Waals surface area contributed by atoms with E-state index in [1.807, 2.05) is 0 Å². The summed E-state index contributed by atoms with van der Waals surface area (Å²) in [5.74, 6) is 1.86. The van der Waals surface area contributed by atoms with Gasteiger partial charge in [-0.1, -0.05) is 61.5 Å². The van der Waals surface area contributed by atoms with Gasteiger partial charge in [0.25, 0.3) is 0 Å². The van der Waals surface area contributed by atoms with Gasteiger partial charge in [-0.3, -0.25) is 0 Å². The van der Waals surface area contributed by atoms with Crippen molar-refractivity contribution in [3.63, 3.8) is 0 Å². The van der Waals surface area contributed by atoms with Crippen molar-refractivity contribution >= 4 is 0 Å². The summed E-state index contributed by atoms with van der Waals surface area (Å²) < 4.78 is 11.0. The molecule has 0 N–H and O–H groups in total. The van der Waals surface area contributed by atoms with Crippen molar-refractivity contribution in [1.29, 1.82) is 0 Å². The second-order valence-electron chi connectivity index (χ2n) is 7.69. The Morgan fingerprint density at radius 1 is 0.714 bits per heavy atom. The number of hydrogen-bond donors (Lipinski definition) is 0. The average Bonchev–Trinajstić information content (AvgIpc) is 2.72. The second-order valence-corrected chi connectivity index (χ2v) is 7.69. The molecule has 0 fully saturated rings. The minimum Gasteiger partial charge on any atom is -0.496 e. The lowest BCUT2D eigenvalue weighted by Crippen LogP contribution is -2.25. The van der Waals surface area contributed by atoms with Crippen LogP contribution in [0, 0.1) is 13.8 Å². The molecule has 0 heterocycles. The zero-order valence-electron chi connectivity index (χ0n) is 17.6. The van der Waals surface area contributed by atoms with E-state index in [-0.39, 0.29) is 5.41 Å². The van der Waals surface area contributed by atoms with Crippen molar-refractivity contribution in [2.24, 2.45) is 0 Å². The molecule has 0 aliphatic heterocycles. The fourth-order valence-electron chi connectivity index (χ4n) is 3.94. The normalized spacial score (nSPS) is 11.3. The topological polar surface area (TPSA) is 18.5 Å². The van der Waals surface area contributed by atoms with Crippen LogP contribution in [0.1, 0.15) is 41.2 Å². The Balaban J connectivity index is 2.04. The fraction of sp³-hybridized carbons (Fsp3) is 0.308. The summed E-state index contributed by atoms with van der Waals surface area (Å²) in [6.07, 6.45) is 2.04. The molecule has 0 atom stereocenters. The third-order valence-corrected chi connectivity index (χ3v) is 5.82. The summed E-state index contributed by atoms with van der Waals surface area (Å²) in [6.45, 7) is 6.57. The first-order valence-corrected chi connectivity index (χ1v) is 9.82. The summed E-state index contributed by atoms with van der Waals surface area (Å²) in [6, 6.07) is 23.8. The minimum absolute atomic E-state index is 0.107. The van der Waals surface area contributed by atoms with Crippen molar-refractivity contribution in [2.75, 3.05) is 14.2 Å². The SMILES string of the molecule is COc1ccc(C(C)(CCc2ccccc2)c2ccc(OC)c(C)c2)cc1C. The van der Waals surface area contributed by atoms with E-state index in [9.17, 15) is 0 Å². The highest BCUT2D eigenvalue weighted by molar-refractivity contribution is 5.47. The van der Waals surface area contributed by atoms with Gasteiger partial charge in [0.2, 0.25) is 0 Å². The molecule has 146 valence electrons. The number of benzene rings is 3. The molecule has 0 aliphatic carbocycles. The van der Waals surface area contributed by atoms with Gasteiger partial charge in [0.15, 0.2) is 0 Å². The van der Waals surface area contributed by atoms with Crippen LogP contribution >= 0.6 is 0 Å². The van der Waals surface area contributed by atoms with E-state index in [0.29, 0.717) is 0 Å². The van der Waals surface area contributed by atoms with Crippen molar-refractivity contribution in [2.45, 2.75) is 39.0 Å². The van der Waals surface area contributed by atoms with Gasteiger partial charge in [-0.05, 0) is 66.6 Å². The van der Waals surface area contributed by atoms with Gasteiger partial charge < -0.3 is 9.47 Å². The van der Waals surface area contributed by atoms with Gasteiger partial charge >= 0.3 is 0 Å². The van der Waals surface area contributed by atoms with Gasteiger partial charge in [0.1, 0.15) is 11.5 Å². The summed E-state index contributed by atoms with van der Waals surface area (Å²) in [5, 5.41) is 0. The van der Waals surface area contributed by atoms with Crippen molar-refractivity contribution in [3.05, 3.63) is 94.5 Å². The average molecular weight is 375 g/mol. The molecule has 3 aromatic rings. The van der Waals surface area contributed by atoms with E-state index in [0.717, 1.165) is 35.5 Å². The second kappa shape index (κ2) is 8.52. The first kappa shape index (κ1) is 20.0. The first-order valence-electron chi connectivity index (χ1n) is 9.82. The van der Waals surface area contributed by atoms with Gasteiger partial charge in [-0.15, -0.1) is 0 Å². The Kier molecular flexibility index (Phi) is 6.08. The van der Waals surface area contributed by atoms with Crippen LogP contribution in [0.5, 0.6) is 11.5 Å². The Hall–Kier alpha value is -2.74. The lowest BCUT2D eigenvalue weighted by molar-refractivity contribution is 0.409. The van der Waals surface area contributed by atoms with Crippen LogP contribution in [-0.4, -0.2) is 14.2 Å². The monoisotopic (exact) mass is 374 g/mol.